The largest absolute Gasteiger partial charge is 0.497 e. The van der Waals surface area contributed by atoms with E-state index in [2.05, 4.69) is 45.9 Å². The van der Waals surface area contributed by atoms with Crippen molar-refractivity contribution in [3.63, 3.8) is 0 Å². The summed E-state index contributed by atoms with van der Waals surface area (Å²) in [5.41, 5.74) is 0.592. The molecule has 1 fully saturated rings. The zero-order valence-corrected chi connectivity index (χ0v) is 39.6. The minimum absolute atomic E-state index is 0. The summed E-state index contributed by atoms with van der Waals surface area (Å²) in [6.07, 6.45) is 9.00. The first-order valence-electron chi connectivity index (χ1n) is 21.0. The Morgan fingerprint density at radius 3 is 0.938 bits per heavy atom. The van der Waals surface area contributed by atoms with Gasteiger partial charge in [0.25, 0.3) is 0 Å². The maximum Gasteiger partial charge on any atom is 0.340 e. The fourth-order valence-electron chi connectivity index (χ4n) is 6.08. The molecule has 1 saturated carbocycles. The molecule has 15 nitrogen and oxygen atoms in total. The van der Waals surface area contributed by atoms with Crippen LogP contribution in [0.5, 0.6) is 17.2 Å². The zero-order chi connectivity index (χ0) is 46.9. The van der Waals surface area contributed by atoms with E-state index in [1.165, 1.54) is 69.4 Å². The van der Waals surface area contributed by atoms with Crippen LogP contribution in [0.3, 0.4) is 0 Å². The average molecular weight is 922 g/mol. The number of nitrogens with zero attached hydrogens (tertiary/aromatic N) is 3. The minimum atomic E-state index is -0.934. The lowest BCUT2D eigenvalue weighted by Gasteiger charge is -2.25. The van der Waals surface area contributed by atoms with Crippen LogP contribution in [0.15, 0.2) is 87.2 Å². The summed E-state index contributed by atoms with van der Waals surface area (Å²) in [6.45, 7) is 9.59. The summed E-state index contributed by atoms with van der Waals surface area (Å²) in [6, 6.07) is 24.6. The second-order valence-electron chi connectivity index (χ2n) is 13.5. The van der Waals surface area contributed by atoms with Crippen LogP contribution in [0.25, 0.3) is 0 Å². The molecule has 374 valence electrons. The van der Waals surface area contributed by atoms with Crippen molar-refractivity contribution >= 4 is 0 Å². The third-order valence-electron chi connectivity index (χ3n) is 9.28. The van der Waals surface area contributed by atoms with E-state index in [1.807, 2.05) is 71.0 Å². The molecule has 0 bridgehead atoms. The monoisotopic (exact) mass is 922 g/mol. The van der Waals surface area contributed by atoms with Gasteiger partial charge in [-0.2, -0.15) is 0 Å². The third-order valence-corrected chi connectivity index (χ3v) is 9.28. The molecule has 1 aromatic heterocycles. The number of rotatable bonds is 16. The molecule has 5 rings (SSSR count). The van der Waals surface area contributed by atoms with E-state index in [0.717, 1.165) is 17.2 Å². The number of aliphatic hydroxyl groups excluding tert-OH is 1. The summed E-state index contributed by atoms with van der Waals surface area (Å²) in [5, 5.41) is 8.93. The smallest absolute Gasteiger partial charge is 0.340 e. The van der Waals surface area contributed by atoms with Gasteiger partial charge in [0.2, 0.25) is 0 Å². The zero-order valence-electron chi connectivity index (χ0n) is 39.6. The van der Waals surface area contributed by atoms with E-state index >= 15 is 0 Å². The average Bonchev–Trinajstić information content (AvgIpc) is 3.33. The van der Waals surface area contributed by atoms with Crippen LogP contribution in [-0.2, 0) is 43.9 Å². The molecule has 15 heteroatoms. The van der Waals surface area contributed by atoms with Crippen LogP contribution in [0.4, 0.5) is 0 Å². The van der Waals surface area contributed by atoms with Crippen molar-refractivity contribution in [2.75, 3.05) is 70.1 Å². The molecular weight excluding hydrogens is 835 g/mol. The van der Waals surface area contributed by atoms with Gasteiger partial charge < -0.3 is 43.0 Å². The van der Waals surface area contributed by atoms with Crippen molar-refractivity contribution in [1.82, 2.24) is 13.7 Å². The first-order valence-corrected chi connectivity index (χ1v) is 21.0. The highest BCUT2D eigenvalue weighted by Crippen LogP contribution is 2.34. The molecule has 4 aromatic rings. The van der Waals surface area contributed by atoms with Crippen LogP contribution in [0.2, 0.25) is 0 Å². The summed E-state index contributed by atoms with van der Waals surface area (Å²) in [4.78, 5) is 35.0. The number of aliphatic hydroxyl groups is 1. The van der Waals surface area contributed by atoms with Gasteiger partial charge in [-0.25, -0.2) is 28.1 Å². The predicted octanol–water partition coefficient (Wildman–Crippen LogP) is 9.21. The molecule has 0 amide bonds. The lowest BCUT2D eigenvalue weighted by molar-refractivity contribution is -0.0906. The van der Waals surface area contributed by atoms with Crippen molar-refractivity contribution in [3.05, 3.63) is 121 Å². The summed E-state index contributed by atoms with van der Waals surface area (Å²) >= 11 is 0. The Bertz CT molecular complexity index is 1710. The van der Waals surface area contributed by atoms with Gasteiger partial charge in [-0.1, -0.05) is 125 Å². The summed E-state index contributed by atoms with van der Waals surface area (Å²) < 4.78 is 42.1. The highest BCUT2D eigenvalue weighted by atomic mass is 16.6. The molecule has 1 N–H and O–H groups in total. The Morgan fingerprint density at radius 2 is 0.738 bits per heavy atom. The quantitative estimate of drug-likeness (QED) is 0.106. The fraction of sp³-hybridized carbons (Fsp3) is 0.580. The van der Waals surface area contributed by atoms with E-state index in [0.29, 0.717) is 26.9 Å². The number of methoxy groups -OCH3 is 8. The van der Waals surface area contributed by atoms with Crippen molar-refractivity contribution < 1.29 is 43.0 Å². The van der Waals surface area contributed by atoms with Crippen LogP contribution >= 0.6 is 0 Å². The first kappa shape index (κ1) is 66.8. The van der Waals surface area contributed by atoms with Gasteiger partial charge in [0.15, 0.2) is 0 Å². The minimum Gasteiger partial charge on any atom is -0.497 e. The van der Waals surface area contributed by atoms with E-state index in [9.17, 15) is 14.4 Å². The molecule has 1 heterocycles. The lowest BCUT2D eigenvalue weighted by Crippen LogP contribution is -2.54. The Hall–Kier alpha value is -4.77. The highest BCUT2D eigenvalue weighted by molar-refractivity contribution is 5.46. The first-order chi connectivity index (χ1) is 30.0. The van der Waals surface area contributed by atoms with Gasteiger partial charge in [-0.15, -0.1) is 0 Å². The maximum absolute atomic E-state index is 11.7. The molecule has 1 aliphatic rings. The second-order valence-corrected chi connectivity index (χ2v) is 13.5. The van der Waals surface area contributed by atoms with Gasteiger partial charge in [0.05, 0.1) is 34.5 Å². The molecule has 0 unspecified atom stereocenters. The topological polar surface area (TPSA) is 160 Å². The summed E-state index contributed by atoms with van der Waals surface area (Å²) in [5.74, 6) is 2.69. The van der Waals surface area contributed by atoms with Gasteiger partial charge in [0.1, 0.15) is 43.0 Å². The van der Waals surface area contributed by atoms with Gasteiger partial charge in [-0.05, 0) is 60.0 Å². The van der Waals surface area contributed by atoms with E-state index in [4.69, 9.17) is 33.5 Å². The molecule has 3 aromatic carbocycles. The Kier molecular flexibility index (Phi) is 40.7. The van der Waals surface area contributed by atoms with Gasteiger partial charge in [-0.3, -0.25) is 0 Å². The van der Waals surface area contributed by atoms with Crippen LogP contribution in [0, 0.1) is 0 Å². The molecule has 0 atom stereocenters. The van der Waals surface area contributed by atoms with Crippen LogP contribution in [-0.4, -0.2) is 94.5 Å². The highest BCUT2D eigenvalue weighted by Gasteiger charge is 2.23. The summed E-state index contributed by atoms with van der Waals surface area (Å²) in [7, 11) is 12.6. The third kappa shape index (κ3) is 22.8. The van der Waals surface area contributed by atoms with Gasteiger partial charge in [0, 0.05) is 41.5 Å². The van der Waals surface area contributed by atoms with Crippen molar-refractivity contribution in [2.24, 2.45) is 0 Å². The number of hydrogen-bond donors (Lipinski definition) is 1. The molecule has 1 aliphatic carbocycles. The lowest BCUT2D eigenvalue weighted by atomic mass is 9.85. The molecule has 0 spiro atoms. The standard InChI is InChI=1S/C22H22O3.C8H13N3O6.C7H16O3.C6H12.2C2H6.3CH4/c1-23-19-10-4-16(5-11-19)22(17-6-12-20(24-2)13-7-17)18-8-14-21(25-3)15-9-18;1-16-4-10-6(13)9(3-12)7(14)11(5-17-2)8(10)15;1-7(10-4,5-8-2)6-9-3;1-2-4-6-5-3-1;2*1-2;;;/h4-15,22H,1-3H3;12H,3-5H2,1-2H3;5-6H2,1-4H3;1-6H2;2*1-2H3;3*1H4. The Labute approximate surface area is 391 Å². The number of ether oxygens (including phenoxy) is 8. The van der Waals surface area contributed by atoms with Crippen LogP contribution < -0.4 is 31.3 Å². The van der Waals surface area contributed by atoms with Crippen molar-refractivity contribution in [1.29, 1.82) is 0 Å². The Morgan fingerprint density at radius 1 is 0.477 bits per heavy atom. The SMILES string of the molecule is C.C.C.C1CCCCC1.CC.CC.COCC(C)(COC)OC.COCn1c(=O)n(CO)c(=O)n(COC)c1=O.COc1ccc(C(c2ccc(OC)cc2)c2ccc(OC)cc2)cc1. The fourth-order valence-corrected chi connectivity index (χ4v) is 6.08. The van der Waals surface area contributed by atoms with E-state index in [-0.39, 0.29) is 47.3 Å². The number of hydrogen-bond acceptors (Lipinski definition) is 12. The Balaban J connectivity index is -0.000000405. The van der Waals surface area contributed by atoms with Crippen molar-refractivity contribution in [2.45, 2.75) is 127 Å². The molecule has 0 aliphatic heterocycles. The predicted molar refractivity (Wildman–Crippen MR) is 265 cm³/mol. The number of benzene rings is 3. The maximum atomic E-state index is 11.7. The van der Waals surface area contributed by atoms with Crippen LogP contribution in [0.1, 0.15) is 118 Å². The molecule has 0 saturated heterocycles. The van der Waals surface area contributed by atoms with Gasteiger partial charge >= 0.3 is 17.1 Å². The molecule has 0 radical (unpaired) electrons. The molecular formula is C50H87N3O12. The number of aromatic nitrogens is 3. The normalized spacial score (nSPS) is 11.1. The van der Waals surface area contributed by atoms with Crippen molar-refractivity contribution in [3.8, 4) is 17.2 Å². The van der Waals surface area contributed by atoms with E-state index < -0.39 is 23.8 Å². The molecule has 65 heavy (non-hydrogen) atoms. The van der Waals surface area contributed by atoms with E-state index in [1.54, 1.807) is 42.7 Å². The second kappa shape index (κ2) is 39.6.